The third kappa shape index (κ3) is 40.6. The fourth-order valence-electron chi connectivity index (χ4n) is 8.17. The van der Waals surface area contributed by atoms with E-state index in [4.69, 9.17) is 23.7 Å². The highest BCUT2D eigenvalue weighted by Crippen LogP contribution is 2.26. The Bertz CT molecular complexity index is 1670. The highest BCUT2D eigenvalue weighted by Gasteiger charge is 2.50. The molecule has 1 fully saturated rings. The van der Waals surface area contributed by atoms with Crippen LogP contribution in [0.1, 0.15) is 226 Å². The van der Waals surface area contributed by atoms with Crippen LogP contribution in [-0.4, -0.2) is 89.2 Å². The van der Waals surface area contributed by atoms with E-state index >= 15 is 0 Å². The van der Waals surface area contributed by atoms with Crippen LogP contribution in [0.3, 0.4) is 0 Å². The quantitative estimate of drug-likeness (QED) is 0.0228. The molecule has 0 aromatic rings. The predicted octanol–water partition coefficient (Wildman–Crippen LogP) is 14.9. The van der Waals surface area contributed by atoms with E-state index < -0.39 is 67.3 Å². The Morgan fingerprint density at radius 1 is 0.467 bits per heavy atom. The van der Waals surface area contributed by atoms with Gasteiger partial charge in [-0.25, -0.2) is 4.79 Å². The Hall–Kier alpha value is -4.36. The number of hydrogen-bond donors (Lipinski definition) is 3. The third-order valence-electron chi connectivity index (χ3n) is 12.6. The second kappa shape index (κ2) is 50.5. The van der Waals surface area contributed by atoms with Crippen molar-refractivity contribution < 1.29 is 58.2 Å². The first kappa shape index (κ1) is 68.7. The van der Waals surface area contributed by atoms with E-state index in [1.165, 1.54) is 57.8 Å². The molecule has 1 rings (SSSR count). The number of ether oxygens (including phenoxy) is 5. The number of esters is 3. The SMILES string of the molecule is CC/C=C\C/C=C\C/C=C\C/C=C\C/C=C\CC(=O)OCC(COC1OC(C(=O)O)C(O)C(O)C1OC(=O)CCCCCCC/C=C\CCCCCCCC)OC(=O)CCCCCCC/C=C\C/C=C\CCCCC. The summed E-state index contributed by atoms with van der Waals surface area (Å²) in [5.41, 5.74) is 0. The minimum absolute atomic E-state index is 0.0220. The molecule has 0 aliphatic carbocycles. The smallest absolute Gasteiger partial charge is 0.335 e. The molecule has 426 valence electrons. The molecule has 0 radical (unpaired) electrons. The monoisotopic (exact) mass is 1050 g/mol. The molecule has 0 aromatic carbocycles. The second-order valence-corrected chi connectivity index (χ2v) is 19.6. The molecule has 0 bridgehead atoms. The molecular formula is C63H102O12. The summed E-state index contributed by atoms with van der Waals surface area (Å²) in [4.78, 5) is 51.0. The summed E-state index contributed by atoms with van der Waals surface area (Å²) in [7, 11) is 0. The van der Waals surface area contributed by atoms with E-state index in [2.05, 4.69) is 99.8 Å². The van der Waals surface area contributed by atoms with Crippen LogP contribution in [0.2, 0.25) is 0 Å². The third-order valence-corrected chi connectivity index (χ3v) is 12.6. The molecule has 6 atom stereocenters. The molecule has 0 aromatic heterocycles. The minimum Gasteiger partial charge on any atom is -0.479 e. The maximum absolute atomic E-state index is 13.1. The van der Waals surface area contributed by atoms with Crippen molar-refractivity contribution in [2.24, 2.45) is 0 Å². The Morgan fingerprint density at radius 3 is 1.39 bits per heavy atom. The molecule has 1 aliphatic heterocycles. The molecule has 75 heavy (non-hydrogen) atoms. The van der Waals surface area contributed by atoms with Crippen molar-refractivity contribution in [3.63, 3.8) is 0 Å². The average Bonchev–Trinajstić information content (AvgIpc) is 3.39. The Morgan fingerprint density at radius 2 is 0.880 bits per heavy atom. The summed E-state index contributed by atoms with van der Waals surface area (Å²) in [5, 5.41) is 31.5. The number of aliphatic hydroxyl groups is 2. The number of aliphatic hydroxyl groups excluding tert-OH is 2. The molecular weight excluding hydrogens is 949 g/mol. The predicted molar refractivity (Wildman–Crippen MR) is 303 cm³/mol. The molecule has 1 aliphatic rings. The van der Waals surface area contributed by atoms with Crippen LogP contribution in [0, 0.1) is 0 Å². The van der Waals surface area contributed by atoms with Gasteiger partial charge in [0, 0.05) is 12.8 Å². The number of unbranched alkanes of at least 4 members (excludes halogenated alkanes) is 19. The van der Waals surface area contributed by atoms with Crippen molar-refractivity contribution in [1.82, 2.24) is 0 Å². The molecule has 0 spiro atoms. The van der Waals surface area contributed by atoms with Crippen molar-refractivity contribution in [2.45, 2.75) is 263 Å². The molecule has 0 saturated carbocycles. The summed E-state index contributed by atoms with van der Waals surface area (Å²) >= 11 is 0. The topological polar surface area (TPSA) is 175 Å². The Labute approximate surface area is 453 Å². The van der Waals surface area contributed by atoms with Gasteiger partial charge in [-0.2, -0.15) is 0 Å². The Balaban J connectivity index is 2.77. The van der Waals surface area contributed by atoms with Crippen LogP contribution in [0.25, 0.3) is 0 Å². The summed E-state index contributed by atoms with van der Waals surface area (Å²) < 4.78 is 28.3. The van der Waals surface area contributed by atoms with Crippen LogP contribution < -0.4 is 0 Å². The van der Waals surface area contributed by atoms with Crippen molar-refractivity contribution >= 4 is 23.9 Å². The lowest BCUT2D eigenvalue weighted by molar-refractivity contribution is -0.301. The van der Waals surface area contributed by atoms with Gasteiger partial charge in [0.1, 0.15) is 18.8 Å². The molecule has 1 saturated heterocycles. The summed E-state index contributed by atoms with van der Waals surface area (Å²) in [6.45, 7) is 5.73. The normalized spacial score (nSPS) is 18.9. The number of carbonyl (C=O) groups is 4. The van der Waals surface area contributed by atoms with Gasteiger partial charge in [-0.05, 0) is 103 Å². The number of rotatable bonds is 48. The maximum atomic E-state index is 13.1. The van der Waals surface area contributed by atoms with Crippen LogP contribution in [-0.2, 0) is 42.9 Å². The van der Waals surface area contributed by atoms with E-state index in [-0.39, 0.29) is 25.9 Å². The molecule has 12 nitrogen and oxygen atoms in total. The van der Waals surface area contributed by atoms with Crippen molar-refractivity contribution in [1.29, 1.82) is 0 Å². The van der Waals surface area contributed by atoms with Gasteiger partial charge in [-0.3, -0.25) is 14.4 Å². The number of carboxylic acid groups (broad SMARTS) is 1. The summed E-state index contributed by atoms with van der Waals surface area (Å²) in [6, 6.07) is 0. The van der Waals surface area contributed by atoms with Crippen LogP contribution in [0.15, 0.2) is 97.2 Å². The van der Waals surface area contributed by atoms with Gasteiger partial charge in [0.2, 0.25) is 0 Å². The lowest BCUT2D eigenvalue weighted by Gasteiger charge is -2.40. The number of allylic oxidation sites excluding steroid dienone is 15. The summed E-state index contributed by atoms with van der Waals surface area (Å²) in [6.07, 6.45) is 54.0. The van der Waals surface area contributed by atoms with E-state index in [1.54, 1.807) is 6.08 Å². The second-order valence-electron chi connectivity index (χ2n) is 19.6. The minimum atomic E-state index is -1.92. The van der Waals surface area contributed by atoms with Gasteiger partial charge in [0.15, 0.2) is 24.6 Å². The van der Waals surface area contributed by atoms with Crippen molar-refractivity contribution in [3.05, 3.63) is 97.2 Å². The van der Waals surface area contributed by atoms with Gasteiger partial charge >= 0.3 is 23.9 Å². The first-order valence-corrected chi connectivity index (χ1v) is 29.2. The van der Waals surface area contributed by atoms with Crippen LogP contribution in [0.4, 0.5) is 0 Å². The van der Waals surface area contributed by atoms with Gasteiger partial charge in [-0.1, -0.05) is 201 Å². The van der Waals surface area contributed by atoms with E-state index in [0.29, 0.717) is 19.3 Å². The van der Waals surface area contributed by atoms with E-state index in [0.717, 1.165) is 109 Å². The number of aliphatic carboxylic acids is 1. The van der Waals surface area contributed by atoms with Gasteiger partial charge in [0.05, 0.1) is 13.0 Å². The maximum Gasteiger partial charge on any atom is 0.335 e. The number of hydrogen-bond acceptors (Lipinski definition) is 11. The number of carboxylic acids is 1. The molecule has 0 amide bonds. The zero-order valence-corrected chi connectivity index (χ0v) is 46.8. The molecule has 3 N–H and O–H groups in total. The fraction of sp³-hybridized carbons (Fsp3) is 0.683. The first-order valence-electron chi connectivity index (χ1n) is 29.2. The van der Waals surface area contributed by atoms with Crippen LogP contribution in [0.5, 0.6) is 0 Å². The first-order chi connectivity index (χ1) is 36.6. The van der Waals surface area contributed by atoms with Crippen molar-refractivity contribution in [2.75, 3.05) is 13.2 Å². The highest BCUT2D eigenvalue weighted by molar-refractivity contribution is 5.74. The van der Waals surface area contributed by atoms with Crippen molar-refractivity contribution in [3.8, 4) is 0 Å². The largest absolute Gasteiger partial charge is 0.479 e. The summed E-state index contributed by atoms with van der Waals surface area (Å²) in [5.74, 6) is -3.32. The standard InChI is InChI=1S/C63H102O12/c1-4-7-10-13-16-19-22-25-28-31-34-37-40-43-46-49-55(64)71-52-54(73-56(65)50-47-44-41-38-35-32-29-26-23-20-17-14-11-8-5-2)53-72-63-61(59(68)58(67)60(75-63)62(69)70)74-57(66)51-48-45-42-39-36-33-30-27-24-21-18-15-12-9-6-3/h7,10,16-17,19-20,25-30,34,37,43,46,54,58-61,63,67-68H,4-6,8-9,11-15,18,21-24,31-33,35-36,38-42,44-45,47-53H2,1-3H3,(H,69,70)/b10-7-,19-16-,20-17-,28-25-,29-26-,30-27-,37-34-,46-43-. The van der Waals surface area contributed by atoms with Crippen LogP contribution >= 0.6 is 0 Å². The highest BCUT2D eigenvalue weighted by atomic mass is 16.7. The van der Waals surface area contributed by atoms with Gasteiger partial charge in [0.25, 0.3) is 0 Å². The van der Waals surface area contributed by atoms with Gasteiger partial charge < -0.3 is 39.0 Å². The zero-order valence-electron chi connectivity index (χ0n) is 46.8. The fourth-order valence-corrected chi connectivity index (χ4v) is 8.17. The number of carbonyl (C=O) groups excluding carboxylic acids is 3. The molecule has 12 heteroatoms. The van der Waals surface area contributed by atoms with Gasteiger partial charge in [-0.15, -0.1) is 0 Å². The Kier molecular flexibility index (Phi) is 46.2. The lowest BCUT2D eigenvalue weighted by Crippen LogP contribution is -2.61. The molecule has 6 unspecified atom stereocenters. The molecule has 1 heterocycles. The van der Waals surface area contributed by atoms with E-state index in [1.807, 2.05) is 12.2 Å². The average molecular weight is 1050 g/mol. The van der Waals surface area contributed by atoms with E-state index in [9.17, 15) is 34.5 Å². The zero-order chi connectivity index (χ0) is 54.7. The lowest BCUT2D eigenvalue weighted by atomic mass is 9.98.